The number of benzene rings is 1. The fraction of sp³-hybridized carbons (Fsp3) is 0.273. The first kappa shape index (κ1) is 18.7. The maximum Gasteiger partial charge on any atom is 0.246 e. The minimum absolute atomic E-state index is 0.0113. The molecule has 0 atom stereocenters. The number of aromatic nitrogens is 2. The molecule has 3 heterocycles. The van der Waals surface area contributed by atoms with Gasteiger partial charge < -0.3 is 4.90 Å². The SMILES string of the molecule is Cc1cccc(CN2CCN(C(=O)/C=C/c3c(Cl)nc4ccccn34)CC2)c1. The largest absolute Gasteiger partial charge is 0.337 e. The Morgan fingerprint density at radius 3 is 2.75 bits per heavy atom. The van der Waals surface area contributed by atoms with Crippen LogP contribution in [-0.2, 0) is 11.3 Å². The van der Waals surface area contributed by atoms with Gasteiger partial charge in [-0.3, -0.25) is 14.1 Å². The van der Waals surface area contributed by atoms with Crippen LogP contribution >= 0.6 is 11.6 Å². The van der Waals surface area contributed by atoms with Crippen molar-refractivity contribution in [2.75, 3.05) is 26.2 Å². The Labute approximate surface area is 169 Å². The lowest BCUT2D eigenvalue weighted by molar-refractivity contribution is -0.127. The third-order valence-corrected chi connectivity index (χ3v) is 5.36. The molecule has 0 bridgehead atoms. The Hall–Kier alpha value is -2.63. The highest BCUT2D eigenvalue weighted by Crippen LogP contribution is 2.19. The van der Waals surface area contributed by atoms with Crippen LogP contribution in [-0.4, -0.2) is 51.3 Å². The molecule has 1 amide bonds. The van der Waals surface area contributed by atoms with Crippen molar-refractivity contribution in [3.8, 4) is 0 Å². The number of piperazine rings is 1. The van der Waals surface area contributed by atoms with Crippen LogP contribution < -0.4 is 0 Å². The fourth-order valence-corrected chi connectivity index (χ4v) is 3.83. The van der Waals surface area contributed by atoms with Gasteiger partial charge in [0.2, 0.25) is 5.91 Å². The number of hydrogen-bond acceptors (Lipinski definition) is 3. The summed E-state index contributed by atoms with van der Waals surface area (Å²) in [6.45, 7) is 6.26. The van der Waals surface area contributed by atoms with Crippen LogP contribution in [0.15, 0.2) is 54.7 Å². The molecular weight excluding hydrogens is 372 g/mol. The van der Waals surface area contributed by atoms with Gasteiger partial charge in [-0.1, -0.05) is 47.5 Å². The number of imidazole rings is 1. The molecule has 0 radical (unpaired) electrons. The maximum absolute atomic E-state index is 12.6. The average Bonchev–Trinajstić information content (AvgIpc) is 3.02. The van der Waals surface area contributed by atoms with Gasteiger partial charge >= 0.3 is 0 Å². The molecule has 4 rings (SSSR count). The molecule has 1 aliphatic rings. The predicted molar refractivity (Wildman–Crippen MR) is 112 cm³/mol. The third-order valence-electron chi connectivity index (χ3n) is 5.08. The molecule has 6 heteroatoms. The van der Waals surface area contributed by atoms with Gasteiger partial charge in [0.1, 0.15) is 5.65 Å². The van der Waals surface area contributed by atoms with Gasteiger partial charge in [-0.15, -0.1) is 0 Å². The van der Waals surface area contributed by atoms with E-state index < -0.39 is 0 Å². The molecule has 1 aromatic carbocycles. The van der Waals surface area contributed by atoms with Crippen molar-refractivity contribution in [3.05, 3.63) is 76.7 Å². The molecule has 28 heavy (non-hydrogen) atoms. The second-order valence-corrected chi connectivity index (χ2v) is 7.50. The fourth-order valence-electron chi connectivity index (χ4n) is 3.59. The summed E-state index contributed by atoms with van der Waals surface area (Å²) in [5.74, 6) is 0.0113. The Morgan fingerprint density at radius 2 is 1.96 bits per heavy atom. The first-order valence-corrected chi connectivity index (χ1v) is 9.85. The molecule has 144 valence electrons. The van der Waals surface area contributed by atoms with Crippen molar-refractivity contribution < 1.29 is 4.79 Å². The summed E-state index contributed by atoms with van der Waals surface area (Å²) in [7, 11) is 0. The molecule has 0 spiro atoms. The number of nitrogens with zero attached hydrogens (tertiary/aromatic N) is 4. The second-order valence-electron chi connectivity index (χ2n) is 7.14. The van der Waals surface area contributed by atoms with Crippen molar-refractivity contribution >= 4 is 29.2 Å². The van der Waals surface area contributed by atoms with Crippen molar-refractivity contribution in [1.82, 2.24) is 19.2 Å². The number of hydrogen-bond donors (Lipinski definition) is 0. The lowest BCUT2D eigenvalue weighted by atomic mass is 10.1. The van der Waals surface area contributed by atoms with Crippen molar-refractivity contribution in [2.24, 2.45) is 0 Å². The summed E-state index contributed by atoms with van der Waals surface area (Å²) in [5.41, 5.74) is 4.09. The van der Waals surface area contributed by atoms with Crippen LogP contribution in [0.2, 0.25) is 5.15 Å². The van der Waals surface area contributed by atoms with Gasteiger partial charge in [0.15, 0.2) is 5.15 Å². The van der Waals surface area contributed by atoms with Crippen LogP contribution in [0, 0.1) is 6.92 Å². The first-order chi connectivity index (χ1) is 13.6. The zero-order valence-electron chi connectivity index (χ0n) is 15.9. The molecule has 5 nitrogen and oxygen atoms in total. The summed E-state index contributed by atoms with van der Waals surface area (Å²) in [6.07, 6.45) is 5.24. The Morgan fingerprint density at radius 1 is 1.14 bits per heavy atom. The Balaban J connectivity index is 1.36. The molecule has 1 saturated heterocycles. The standard InChI is InChI=1S/C22H23ClN4O/c1-17-5-4-6-18(15-17)16-25-11-13-26(14-12-25)21(28)9-8-19-22(23)24-20-7-2-3-10-27(19)20/h2-10,15H,11-14,16H2,1H3/b9-8+. The maximum atomic E-state index is 12.6. The van der Waals surface area contributed by atoms with Gasteiger partial charge in [-0.2, -0.15) is 0 Å². The minimum atomic E-state index is 0.0113. The minimum Gasteiger partial charge on any atom is -0.337 e. The summed E-state index contributed by atoms with van der Waals surface area (Å²) in [4.78, 5) is 21.2. The number of rotatable bonds is 4. The highest BCUT2D eigenvalue weighted by atomic mass is 35.5. The molecule has 1 fully saturated rings. The summed E-state index contributed by atoms with van der Waals surface area (Å²) >= 11 is 6.23. The van der Waals surface area contributed by atoms with Gasteiger partial charge in [0, 0.05) is 45.0 Å². The highest BCUT2D eigenvalue weighted by molar-refractivity contribution is 6.31. The molecule has 0 aliphatic carbocycles. The van der Waals surface area contributed by atoms with E-state index in [1.807, 2.05) is 33.7 Å². The van der Waals surface area contributed by atoms with Gasteiger partial charge in [-0.25, -0.2) is 4.98 Å². The normalized spacial score (nSPS) is 15.6. The lowest BCUT2D eigenvalue weighted by Gasteiger charge is -2.34. The third kappa shape index (κ3) is 4.11. The molecule has 1 aliphatic heterocycles. The summed E-state index contributed by atoms with van der Waals surface area (Å²) in [6, 6.07) is 14.3. The monoisotopic (exact) mass is 394 g/mol. The van der Waals surface area contributed by atoms with E-state index in [0.717, 1.165) is 44.1 Å². The Kier molecular flexibility index (Phi) is 5.46. The van der Waals surface area contributed by atoms with Gasteiger partial charge in [-0.05, 0) is 30.7 Å². The van der Waals surface area contributed by atoms with Crippen LogP contribution in [0.25, 0.3) is 11.7 Å². The van der Waals surface area contributed by atoms with Crippen LogP contribution in [0.5, 0.6) is 0 Å². The van der Waals surface area contributed by atoms with Crippen LogP contribution in [0.1, 0.15) is 16.8 Å². The summed E-state index contributed by atoms with van der Waals surface area (Å²) in [5, 5.41) is 0.401. The van der Waals surface area contributed by atoms with E-state index in [1.54, 1.807) is 12.2 Å². The average molecular weight is 395 g/mol. The lowest BCUT2D eigenvalue weighted by Crippen LogP contribution is -2.47. The molecule has 0 saturated carbocycles. The predicted octanol–water partition coefficient (Wildman–Crippen LogP) is 3.65. The zero-order chi connectivity index (χ0) is 19.5. The number of carbonyl (C=O) groups is 1. The van der Waals surface area contributed by atoms with E-state index >= 15 is 0 Å². The van der Waals surface area contributed by atoms with E-state index in [1.165, 1.54) is 11.1 Å². The number of aryl methyl sites for hydroxylation is 1. The smallest absolute Gasteiger partial charge is 0.246 e. The number of amides is 1. The quantitative estimate of drug-likeness (QED) is 0.634. The van der Waals surface area contributed by atoms with Crippen LogP contribution in [0.3, 0.4) is 0 Å². The number of fused-ring (bicyclic) bond motifs is 1. The molecule has 2 aromatic heterocycles. The van der Waals surface area contributed by atoms with Gasteiger partial charge in [0.05, 0.1) is 5.69 Å². The number of carbonyl (C=O) groups excluding carboxylic acids is 1. The molecule has 0 unspecified atom stereocenters. The van der Waals surface area contributed by atoms with Crippen molar-refractivity contribution in [3.63, 3.8) is 0 Å². The first-order valence-electron chi connectivity index (χ1n) is 9.47. The van der Waals surface area contributed by atoms with Crippen molar-refractivity contribution in [2.45, 2.75) is 13.5 Å². The van der Waals surface area contributed by atoms with Crippen LogP contribution in [0.4, 0.5) is 0 Å². The van der Waals surface area contributed by atoms with E-state index in [2.05, 4.69) is 41.1 Å². The number of pyridine rings is 1. The molecule has 0 N–H and O–H groups in total. The highest BCUT2D eigenvalue weighted by Gasteiger charge is 2.20. The number of halogens is 1. The Bertz CT molecular complexity index is 1020. The summed E-state index contributed by atoms with van der Waals surface area (Å²) < 4.78 is 1.88. The topological polar surface area (TPSA) is 40.8 Å². The second kappa shape index (κ2) is 8.17. The molecule has 3 aromatic rings. The van der Waals surface area contributed by atoms with E-state index in [4.69, 9.17) is 11.6 Å². The zero-order valence-corrected chi connectivity index (χ0v) is 16.6. The van der Waals surface area contributed by atoms with E-state index in [9.17, 15) is 4.79 Å². The van der Waals surface area contributed by atoms with E-state index in [0.29, 0.717) is 5.15 Å². The van der Waals surface area contributed by atoms with E-state index in [-0.39, 0.29) is 5.91 Å². The van der Waals surface area contributed by atoms with Gasteiger partial charge in [0.25, 0.3) is 0 Å². The molecular formula is C22H23ClN4O. The van der Waals surface area contributed by atoms with Crippen molar-refractivity contribution in [1.29, 1.82) is 0 Å².